The van der Waals surface area contributed by atoms with Gasteiger partial charge in [-0.25, -0.2) is 0 Å². The monoisotopic (exact) mass is 225 g/mol. The number of aliphatic hydroxyl groups is 1. The minimum Gasteiger partial charge on any atom is -0.396 e. The average molecular weight is 225 g/mol. The number of likely N-dealkylation sites (tertiary alicyclic amines) is 1. The van der Waals surface area contributed by atoms with Crippen molar-refractivity contribution in [2.24, 2.45) is 11.8 Å². The molecular formula is C13H23NO2. The Morgan fingerprint density at radius 2 is 1.62 bits per heavy atom. The first-order valence-corrected chi connectivity index (χ1v) is 6.63. The Morgan fingerprint density at radius 1 is 1.06 bits per heavy atom. The van der Waals surface area contributed by atoms with Crippen LogP contribution in [0.2, 0.25) is 0 Å². The first-order valence-electron chi connectivity index (χ1n) is 6.63. The molecule has 0 amide bonds. The van der Waals surface area contributed by atoms with Gasteiger partial charge in [0.1, 0.15) is 5.78 Å². The molecule has 0 spiro atoms. The highest BCUT2D eigenvalue weighted by atomic mass is 16.3. The molecule has 2 rings (SSSR count). The molecule has 0 aromatic rings. The summed E-state index contributed by atoms with van der Waals surface area (Å²) in [6.45, 7) is 3.48. The first kappa shape index (κ1) is 12.1. The zero-order chi connectivity index (χ0) is 11.4. The molecule has 3 heteroatoms. The van der Waals surface area contributed by atoms with Gasteiger partial charge in [0.25, 0.3) is 0 Å². The molecule has 0 radical (unpaired) electrons. The molecule has 2 fully saturated rings. The van der Waals surface area contributed by atoms with Crippen LogP contribution in [-0.4, -0.2) is 42.0 Å². The van der Waals surface area contributed by atoms with E-state index in [1.54, 1.807) is 0 Å². The fraction of sp³-hybridized carbons (Fsp3) is 0.923. The Labute approximate surface area is 97.8 Å². The van der Waals surface area contributed by atoms with Gasteiger partial charge in [-0.1, -0.05) is 0 Å². The summed E-state index contributed by atoms with van der Waals surface area (Å²) in [4.78, 5) is 13.6. The standard InChI is InChI=1S/C13H23NO2/c15-10-12-3-1-11(2-4-12)9-14-7-5-13(16)6-8-14/h11-12,15H,1-10H2. The van der Waals surface area contributed by atoms with Gasteiger partial charge < -0.3 is 10.0 Å². The Morgan fingerprint density at radius 3 is 2.19 bits per heavy atom. The Hall–Kier alpha value is -0.410. The number of hydrogen-bond donors (Lipinski definition) is 1. The second-order valence-corrected chi connectivity index (χ2v) is 5.41. The lowest BCUT2D eigenvalue weighted by atomic mass is 9.82. The van der Waals surface area contributed by atoms with Gasteiger partial charge in [-0.2, -0.15) is 0 Å². The van der Waals surface area contributed by atoms with E-state index < -0.39 is 0 Å². The number of aliphatic hydroxyl groups excluding tert-OH is 1. The van der Waals surface area contributed by atoms with Crippen molar-refractivity contribution in [3.05, 3.63) is 0 Å². The van der Waals surface area contributed by atoms with Crippen LogP contribution in [0.5, 0.6) is 0 Å². The Bertz CT molecular complexity index is 224. The highest BCUT2D eigenvalue weighted by molar-refractivity contribution is 5.79. The lowest BCUT2D eigenvalue weighted by molar-refractivity contribution is -0.121. The molecule has 1 saturated heterocycles. The van der Waals surface area contributed by atoms with E-state index in [0.717, 1.165) is 31.8 Å². The third kappa shape index (κ3) is 3.29. The number of ketones is 1. The predicted molar refractivity (Wildman–Crippen MR) is 63.2 cm³/mol. The van der Waals surface area contributed by atoms with Gasteiger partial charge in [0.2, 0.25) is 0 Å². The molecule has 1 saturated carbocycles. The Kier molecular flexibility index (Phi) is 4.36. The van der Waals surface area contributed by atoms with Crippen LogP contribution in [-0.2, 0) is 4.79 Å². The van der Waals surface area contributed by atoms with Gasteiger partial charge >= 0.3 is 0 Å². The predicted octanol–water partition coefficient (Wildman–Crippen LogP) is 1.45. The van der Waals surface area contributed by atoms with Crippen LogP contribution in [0.15, 0.2) is 0 Å². The molecule has 92 valence electrons. The van der Waals surface area contributed by atoms with Crippen molar-refractivity contribution < 1.29 is 9.90 Å². The quantitative estimate of drug-likeness (QED) is 0.790. The SMILES string of the molecule is O=C1CCN(CC2CCC(CO)CC2)CC1. The number of carbonyl (C=O) groups is 1. The molecule has 16 heavy (non-hydrogen) atoms. The molecule has 2 aliphatic rings. The minimum absolute atomic E-state index is 0.366. The van der Waals surface area contributed by atoms with E-state index in [0.29, 0.717) is 18.3 Å². The van der Waals surface area contributed by atoms with Crippen LogP contribution < -0.4 is 0 Å². The van der Waals surface area contributed by atoms with Gasteiger partial charge in [-0.3, -0.25) is 4.79 Å². The van der Waals surface area contributed by atoms with E-state index >= 15 is 0 Å². The average Bonchev–Trinajstić information content (AvgIpc) is 2.33. The maximum Gasteiger partial charge on any atom is 0.135 e. The maximum atomic E-state index is 11.1. The topological polar surface area (TPSA) is 40.5 Å². The molecule has 0 unspecified atom stereocenters. The summed E-state index contributed by atoms with van der Waals surface area (Å²) in [7, 11) is 0. The molecule has 0 aromatic carbocycles. The molecule has 0 bridgehead atoms. The molecule has 0 atom stereocenters. The lowest BCUT2D eigenvalue weighted by Gasteiger charge is -2.33. The molecule has 1 aliphatic heterocycles. The molecular weight excluding hydrogens is 202 g/mol. The van der Waals surface area contributed by atoms with Crippen LogP contribution in [0.1, 0.15) is 38.5 Å². The van der Waals surface area contributed by atoms with E-state index in [9.17, 15) is 4.79 Å². The fourth-order valence-electron chi connectivity index (χ4n) is 2.95. The number of Topliss-reactive ketones (excluding diaryl/α,β-unsaturated/α-hetero) is 1. The van der Waals surface area contributed by atoms with Gasteiger partial charge in [0, 0.05) is 39.1 Å². The maximum absolute atomic E-state index is 11.1. The van der Waals surface area contributed by atoms with E-state index in [1.165, 1.54) is 32.2 Å². The summed E-state index contributed by atoms with van der Waals surface area (Å²) in [5, 5.41) is 9.08. The van der Waals surface area contributed by atoms with Crippen LogP contribution >= 0.6 is 0 Å². The molecule has 0 aromatic heterocycles. The zero-order valence-corrected chi connectivity index (χ0v) is 10.0. The van der Waals surface area contributed by atoms with Crippen molar-refractivity contribution in [3.8, 4) is 0 Å². The van der Waals surface area contributed by atoms with E-state index in [4.69, 9.17) is 5.11 Å². The van der Waals surface area contributed by atoms with Gasteiger partial charge in [0.15, 0.2) is 0 Å². The van der Waals surface area contributed by atoms with Crippen molar-refractivity contribution in [3.63, 3.8) is 0 Å². The summed E-state index contributed by atoms with van der Waals surface area (Å²) in [6.07, 6.45) is 6.41. The van der Waals surface area contributed by atoms with Crippen LogP contribution in [0, 0.1) is 11.8 Å². The number of carbonyl (C=O) groups excluding carboxylic acids is 1. The fourth-order valence-corrected chi connectivity index (χ4v) is 2.95. The Balaban J connectivity index is 1.68. The van der Waals surface area contributed by atoms with Crippen molar-refractivity contribution in [1.29, 1.82) is 0 Å². The number of nitrogens with zero attached hydrogens (tertiary/aromatic N) is 1. The number of piperidine rings is 1. The van der Waals surface area contributed by atoms with Crippen molar-refractivity contribution in [2.75, 3.05) is 26.2 Å². The summed E-state index contributed by atoms with van der Waals surface area (Å²) in [5.74, 6) is 1.79. The molecule has 1 aliphatic carbocycles. The van der Waals surface area contributed by atoms with E-state index in [1.807, 2.05) is 0 Å². The number of hydrogen-bond acceptors (Lipinski definition) is 3. The van der Waals surface area contributed by atoms with E-state index in [2.05, 4.69) is 4.90 Å². The largest absolute Gasteiger partial charge is 0.396 e. The lowest BCUT2D eigenvalue weighted by Crippen LogP contribution is -2.38. The summed E-state index contributed by atoms with van der Waals surface area (Å²) >= 11 is 0. The minimum atomic E-state index is 0.366. The second-order valence-electron chi connectivity index (χ2n) is 5.41. The highest BCUT2D eigenvalue weighted by Gasteiger charge is 2.24. The van der Waals surface area contributed by atoms with Gasteiger partial charge in [0.05, 0.1) is 0 Å². The third-order valence-corrected chi connectivity index (χ3v) is 4.15. The van der Waals surface area contributed by atoms with E-state index in [-0.39, 0.29) is 0 Å². The van der Waals surface area contributed by atoms with Crippen molar-refractivity contribution in [2.45, 2.75) is 38.5 Å². The summed E-state index contributed by atoms with van der Waals surface area (Å²) in [6, 6.07) is 0. The summed E-state index contributed by atoms with van der Waals surface area (Å²) in [5.41, 5.74) is 0. The number of rotatable bonds is 3. The molecule has 3 nitrogen and oxygen atoms in total. The van der Waals surface area contributed by atoms with Crippen molar-refractivity contribution >= 4 is 5.78 Å². The van der Waals surface area contributed by atoms with Crippen molar-refractivity contribution in [1.82, 2.24) is 4.90 Å². The molecule has 1 heterocycles. The van der Waals surface area contributed by atoms with Gasteiger partial charge in [-0.15, -0.1) is 0 Å². The third-order valence-electron chi connectivity index (χ3n) is 4.15. The van der Waals surface area contributed by atoms with Crippen LogP contribution in [0.4, 0.5) is 0 Å². The van der Waals surface area contributed by atoms with Crippen LogP contribution in [0.3, 0.4) is 0 Å². The molecule has 1 N–H and O–H groups in total. The highest BCUT2D eigenvalue weighted by Crippen LogP contribution is 2.29. The van der Waals surface area contributed by atoms with Gasteiger partial charge in [-0.05, 0) is 37.5 Å². The second kappa shape index (κ2) is 5.78. The normalized spacial score (nSPS) is 32.9. The van der Waals surface area contributed by atoms with Crippen LogP contribution in [0.25, 0.3) is 0 Å². The smallest absolute Gasteiger partial charge is 0.135 e. The summed E-state index contributed by atoms with van der Waals surface area (Å²) < 4.78 is 0. The zero-order valence-electron chi connectivity index (χ0n) is 10.0. The first-order chi connectivity index (χ1) is 7.78.